The lowest BCUT2D eigenvalue weighted by molar-refractivity contribution is -0.116. The number of hydrogen-bond donors (Lipinski definition) is 1. The van der Waals surface area contributed by atoms with E-state index in [9.17, 15) is 4.79 Å². The molecular formula is C23H17Cl2N3OS2. The molecule has 0 unspecified atom stereocenters. The van der Waals surface area contributed by atoms with Gasteiger partial charge in [-0.1, -0.05) is 113 Å². The van der Waals surface area contributed by atoms with Crippen LogP contribution in [0.15, 0.2) is 83.2 Å². The molecule has 0 bridgehead atoms. The Morgan fingerprint density at radius 3 is 2.03 bits per heavy atom. The van der Waals surface area contributed by atoms with Crippen molar-refractivity contribution in [2.24, 2.45) is 0 Å². The number of thioether (sulfide) groups is 1. The number of carbonyl (C=O) groups is 1. The van der Waals surface area contributed by atoms with Gasteiger partial charge in [-0.2, -0.15) is 0 Å². The van der Waals surface area contributed by atoms with Gasteiger partial charge in [-0.05, 0) is 28.8 Å². The van der Waals surface area contributed by atoms with Crippen LogP contribution in [0.5, 0.6) is 0 Å². The molecule has 1 N–H and O–H groups in total. The summed E-state index contributed by atoms with van der Waals surface area (Å²) in [6.45, 7) is 0. The van der Waals surface area contributed by atoms with Crippen LogP contribution >= 0.6 is 46.3 Å². The number of halogens is 2. The fourth-order valence-electron chi connectivity index (χ4n) is 3.09. The lowest BCUT2D eigenvalue weighted by Gasteiger charge is -2.16. The Morgan fingerprint density at radius 2 is 1.45 bits per heavy atom. The van der Waals surface area contributed by atoms with Crippen molar-refractivity contribution in [3.05, 3.63) is 106 Å². The van der Waals surface area contributed by atoms with Crippen LogP contribution in [0.1, 0.15) is 22.6 Å². The molecule has 4 rings (SSSR count). The second-order valence-electron chi connectivity index (χ2n) is 6.61. The van der Waals surface area contributed by atoms with Gasteiger partial charge in [0.05, 0.1) is 5.92 Å². The number of benzene rings is 3. The molecule has 0 atom stereocenters. The topological polar surface area (TPSA) is 54.9 Å². The SMILES string of the molecule is O=C(Nc1nnc(SCc2c(Cl)cccc2Cl)s1)C(c1ccccc1)c1ccccc1. The summed E-state index contributed by atoms with van der Waals surface area (Å²) in [6.07, 6.45) is 0. The van der Waals surface area contributed by atoms with Crippen LogP contribution in [0.2, 0.25) is 10.0 Å². The highest BCUT2D eigenvalue weighted by Gasteiger charge is 2.23. The molecule has 8 heteroatoms. The number of rotatable bonds is 7. The summed E-state index contributed by atoms with van der Waals surface area (Å²) in [5.74, 6) is -0.0267. The highest BCUT2D eigenvalue weighted by molar-refractivity contribution is 8.00. The third-order valence-electron chi connectivity index (χ3n) is 4.57. The molecule has 0 spiro atoms. The van der Waals surface area contributed by atoms with Crippen LogP contribution in [0.4, 0.5) is 5.13 Å². The van der Waals surface area contributed by atoms with Crippen LogP contribution < -0.4 is 5.32 Å². The molecule has 0 saturated heterocycles. The van der Waals surface area contributed by atoms with Crippen molar-refractivity contribution < 1.29 is 4.79 Å². The van der Waals surface area contributed by atoms with E-state index in [1.165, 1.54) is 23.1 Å². The number of anilines is 1. The molecule has 0 aliphatic carbocycles. The van der Waals surface area contributed by atoms with Crippen molar-refractivity contribution in [1.82, 2.24) is 10.2 Å². The third kappa shape index (κ3) is 5.46. The van der Waals surface area contributed by atoms with Gasteiger partial charge in [-0.25, -0.2) is 0 Å². The Kier molecular flexibility index (Phi) is 7.25. The van der Waals surface area contributed by atoms with Crippen LogP contribution in [0.25, 0.3) is 0 Å². The Labute approximate surface area is 198 Å². The summed E-state index contributed by atoms with van der Waals surface area (Å²) in [4.78, 5) is 13.2. The fourth-order valence-corrected chi connectivity index (χ4v) is 5.58. The van der Waals surface area contributed by atoms with Gasteiger partial charge in [0.1, 0.15) is 0 Å². The first-order valence-electron chi connectivity index (χ1n) is 9.42. The minimum atomic E-state index is -0.440. The van der Waals surface area contributed by atoms with Crippen molar-refractivity contribution in [1.29, 1.82) is 0 Å². The van der Waals surface area contributed by atoms with Gasteiger partial charge in [0.15, 0.2) is 4.34 Å². The summed E-state index contributed by atoms with van der Waals surface area (Å²) in [5, 5.41) is 12.9. The largest absolute Gasteiger partial charge is 0.300 e. The van der Waals surface area contributed by atoms with Gasteiger partial charge in [0.2, 0.25) is 11.0 Å². The Balaban J connectivity index is 1.48. The minimum absolute atomic E-state index is 0.153. The second-order valence-corrected chi connectivity index (χ2v) is 9.62. The second kappa shape index (κ2) is 10.3. The average molecular weight is 486 g/mol. The number of nitrogens with zero attached hydrogens (tertiary/aromatic N) is 2. The van der Waals surface area contributed by atoms with Crippen molar-refractivity contribution in [2.75, 3.05) is 5.32 Å². The Morgan fingerprint density at radius 1 is 0.871 bits per heavy atom. The maximum Gasteiger partial charge on any atom is 0.238 e. The Bertz CT molecular complexity index is 1110. The van der Waals surface area contributed by atoms with Crippen molar-refractivity contribution in [2.45, 2.75) is 16.0 Å². The van der Waals surface area contributed by atoms with E-state index in [1.807, 2.05) is 78.9 Å². The molecule has 1 aromatic heterocycles. The third-order valence-corrected chi connectivity index (χ3v) is 7.27. The van der Waals surface area contributed by atoms with Gasteiger partial charge in [-0.3, -0.25) is 10.1 Å². The van der Waals surface area contributed by atoms with E-state index in [-0.39, 0.29) is 5.91 Å². The molecule has 1 heterocycles. The van der Waals surface area contributed by atoms with E-state index in [4.69, 9.17) is 23.2 Å². The molecule has 0 saturated carbocycles. The number of carbonyl (C=O) groups excluding carboxylic acids is 1. The standard InChI is InChI=1S/C23H17Cl2N3OS2/c24-18-12-7-13-19(25)17(18)14-30-23-28-27-22(31-23)26-21(29)20(15-8-3-1-4-9-15)16-10-5-2-6-11-16/h1-13,20H,14H2,(H,26,27,29). The molecule has 4 aromatic rings. The van der Waals surface area contributed by atoms with E-state index >= 15 is 0 Å². The first-order chi connectivity index (χ1) is 15.1. The first-order valence-corrected chi connectivity index (χ1v) is 12.0. The van der Waals surface area contributed by atoms with Gasteiger partial charge in [0, 0.05) is 15.8 Å². The predicted octanol–water partition coefficient (Wildman–Crippen LogP) is 6.91. The summed E-state index contributed by atoms with van der Waals surface area (Å²) in [5.41, 5.74) is 2.68. The molecule has 0 radical (unpaired) electrons. The van der Waals surface area contributed by atoms with Crippen molar-refractivity contribution in [3.8, 4) is 0 Å². The van der Waals surface area contributed by atoms with Crippen molar-refractivity contribution in [3.63, 3.8) is 0 Å². The van der Waals surface area contributed by atoms with Gasteiger partial charge >= 0.3 is 0 Å². The molecule has 31 heavy (non-hydrogen) atoms. The van der Waals surface area contributed by atoms with Gasteiger partial charge in [-0.15, -0.1) is 10.2 Å². The smallest absolute Gasteiger partial charge is 0.238 e. The molecule has 4 nitrogen and oxygen atoms in total. The molecule has 3 aromatic carbocycles. The number of amides is 1. The van der Waals surface area contributed by atoms with E-state index in [1.54, 1.807) is 0 Å². The number of hydrogen-bond acceptors (Lipinski definition) is 5. The normalized spacial score (nSPS) is 10.9. The van der Waals surface area contributed by atoms with Crippen LogP contribution in [0, 0.1) is 0 Å². The van der Waals surface area contributed by atoms with E-state index in [0.717, 1.165) is 21.0 Å². The summed E-state index contributed by atoms with van der Waals surface area (Å²) >= 11 is 15.3. The fraction of sp³-hybridized carbons (Fsp3) is 0.0870. The zero-order valence-electron chi connectivity index (χ0n) is 16.2. The zero-order valence-corrected chi connectivity index (χ0v) is 19.3. The molecule has 0 aliphatic heterocycles. The average Bonchev–Trinajstić information content (AvgIpc) is 3.22. The molecular weight excluding hydrogens is 469 g/mol. The Hall–Kier alpha value is -2.38. The lowest BCUT2D eigenvalue weighted by Crippen LogP contribution is -2.22. The monoisotopic (exact) mass is 485 g/mol. The molecule has 1 amide bonds. The highest BCUT2D eigenvalue weighted by atomic mass is 35.5. The molecule has 156 valence electrons. The van der Waals surface area contributed by atoms with Gasteiger partial charge in [0.25, 0.3) is 0 Å². The van der Waals surface area contributed by atoms with Crippen molar-refractivity contribution >= 4 is 57.3 Å². The quantitative estimate of drug-likeness (QED) is 0.228. The molecule has 0 fully saturated rings. The van der Waals surface area contributed by atoms with Gasteiger partial charge < -0.3 is 0 Å². The van der Waals surface area contributed by atoms with Crippen LogP contribution in [-0.4, -0.2) is 16.1 Å². The first kappa shape index (κ1) is 21.8. The number of nitrogens with one attached hydrogen (secondary N) is 1. The summed E-state index contributed by atoms with van der Waals surface area (Å²) < 4.78 is 0.724. The van der Waals surface area contributed by atoms with E-state index < -0.39 is 5.92 Å². The van der Waals surface area contributed by atoms with Crippen LogP contribution in [0.3, 0.4) is 0 Å². The zero-order chi connectivity index (χ0) is 21.6. The lowest BCUT2D eigenvalue weighted by atomic mass is 9.90. The summed E-state index contributed by atoms with van der Waals surface area (Å²) in [7, 11) is 0. The van der Waals surface area contributed by atoms with Crippen LogP contribution in [-0.2, 0) is 10.5 Å². The summed E-state index contributed by atoms with van der Waals surface area (Å²) in [6, 6.07) is 24.8. The highest BCUT2D eigenvalue weighted by Crippen LogP contribution is 2.34. The van der Waals surface area contributed by atoms with E-state index in [2.05, 4.69) is 15.5 Å². The maximum absolute atomic E-state index is 13.2. The maximum atomic E-state index is 13.2. The molecule has 0 aliphatic rings. The minimum Gasteiger partial charge on any atom is -0.300 e. The number of aromatic nitrogens is 2. The van der Waals surface area contributed by atoms with E-state index in [0.29, 0.717) is 20.9 Å². The predicted molar refractivity (Wildman–Crippen MR) is 129 cm³/mol.